The van der Waals surface area contributed by atoms with E-state index in [0.29, 0.717) is 25.2 Å². The van der Waals surface area contributed by atoms with Gasteiger partial charge in [0.15, 0.2) is 0 Å². The number of nitrogens with one attached hydrogen (secondary N) is 2. The monoisotopic (exact) mass is 393 g/mol. The van der Waals surface area contributed by atoms with Gasteiger partial charge in [-0.15, -0.1) is 0 Å². The van der Waals surface area contributed by atoms with E-state index >= 15 is 0 Å². The predicted molar refractivity (Wildman–Crippen MR) is 112 cm³/mol. The minimum atomic E-state index is -0.238. The van der Waals surface area contributed by atoms with Gasteiger partial charge in [-0.3, -0.25) is 9.78 Å². The lowest BCUT2D eigenvalue weighted by Gasteiger charge is -2.09. The normalized spacial score (nSPS) is 10.4. The lowest BCUT2D eigenvalue weighted by molar-refractivity contribution is 0.0949. The molecule has 6 heteroatoms. The molecule has 0 saturated carbocycles. The molecule has 5 nitrogen and oxygen atoms in total. The van der Waals surface area contributed by atoms with Crippen LogP contribution in [-0.4, -0.2) is 31.1 Å². The zero-order chi connectivity index (χ0) is 20.5. The topological polar surface area (TPSA) is 63.2 Å². The summed E-state index contributed by atoms with van der Waals surface area (Å²) in [7, 11) is 1.63. The van der Waals surface area contributed by atoms with Gasteiger partial charge >= 0.3 is 0 Å². The van der Waals surface area contributed by atoms with Crippen LogP contribution in [0.2, 0.25) is 0 Å². The molecule has 0 atom stereocenters. The highest BCUT2D eigenvalue weighted by Crippen LogP contribution is 2.13. The standard InChI is InChI=1S/C23H24FN3O2/c1-29-21-4-2-3-18(15-21)10-13-27-23(28)22-16-20(11-14-26-22)25-12-9-17-5-7-19(24)8-6-17/h2-8,11,14-16H,9-10,12-13H2,1H3,(H,25,26)(H,27,28). The van der Waals surface area contributed by atoms with Crippen LogP contribution in [-0.2, 0) is 12.8 Å². The number of pyridine rings is 1. The van der Waals surface area contributed by atoms with Gasteiger partial charge in [0.1, 0.15) is 17.3 Å². The summed E-state index contributed by atoms with van der Waals surface area (Å²) in [6.45, 7) is 1.18. The van der Waals surface area contributed by atoms with Gasteiger partial charge in [-0.25, -0.2) is 4.39 Å². The van der Waals surface area contributed by atoms with E-state index in [-0.39, 0.29) is 11.7 Å². The number of halogens is 1. The van der Waals surface area contributed by atoms with E-state index in [4.69, 9.17) is 4.74 Å². The summed E-state index contributed by atoms with van der Waals surface area (Å²) >= 11 is 0. The summed E-state index contributed by atoms with van der Waals surface area (Å²) in [6, 6.07) is 17.8. The van der Waals surface area contributed by atoms with Gasteiger partial charge in [-0.1, -0.05) is 24.3 Å². The maximum atomic E-state index is 12.9. The number of ether oxygens (including phenoxy) is 1. The Balaban J connectivity index is 1.47. The average Bonchev–Trinajstić information content (AvgIpc) is 2.75. The molecule has 0 aliphatic heterocycles. The van der Waals surface area contributed by atoms with E-state index < -0.39 is 0 Å². The maximum absolute atomic E-state index is 12.9. The Morgan fingerprint density at radius 3 is 2.59 bits per heavy atom. The molecular weight excluding hydrogens is 369 g/mol. The zero-order valence-electron chi connectivity index (χ0n) is 16.3. The van der Waals surface area contributed by atoms with Crippen molar-refractivity contribution in [2.24, 2.45) is 0 Å². The van der Waals surface area contributed by atoms with Crippen LogP contribution in [0.25, 0.3) is 0 Å². The number of carbonyl (C=O) groups excluding carboxylic acids is 1. The third kappa shape index (κ3) is 6.31. The van der Waals surface area contributed by atoms with Crippen LogP contribution in [0.3, 0.4) is 0 Å². The van der Waals surface area contributed by atoms with Gasteiger partial charge in [0, 0.05) is 25.0 Å². The third-order valence-electron chi connectivity index (χ3n) is 4.48. The molecule has 29 heavy (non-hydrogen) atoms. The van der Waals surface area contributed by atoms with Gasteiger partial charge in [-0.2, -0.15) is 0 Å². The van der Waals surface area contributed by atoms with Crippen LogP contribution in [0, 0.1) is 5.82 Å². The van der Waals surface area contributed by atoms with Gasteiger partial charge in [0.05, 0.1) is 7.11 Å². The molecule has 1 aromatic heterocycles. The Morgan fingerprint density at radius 2 is 1.79 bits per heavy atom. The van der Waals surface area contributed by atoms with Crippen molar-refractivity contribution in [1.82, 2.24) is 10.3 Å². The number of hydrogen-bond acceptors (Lipinski definition) is 4. The number of anilines is 1. The van der Waals surface area contributed by atoms with E-state index in [1.54, 1.807) is 31.5 Å². The summed E-state index contributed by atoms with van der Waals surface area (Å²) in [4.78, 5) is 16.5. The van der Waals surface area contributed by atoms with Crippen molar-refractivity contribution in [3.63, 3.8) is 0 Å². The molecular formula is C23H24FN3O2. The molecule has 0 bridgehead atoms. The molecule has 150 valence electrons. The van der Waals surface area contributed by atoms with Crippen LogP contribution < -0.4 is 15.4 Å². The molecule has 0 unspecified atom stereocenters. The summed E-state index contributed by atoms with van der Waals surface area (Å²) in [5, 5.41) is 6.16. The highest BCUT2D eigenvalue weighted by Gasteiger charge is 2.08. The van der Waals surface area contributed by atoms with Crippen molar-refractivity contribution in [3.05, 3.63) is 89.5 Å². The number of rotatable bonds is 9. The number of hydrogen-bond donors (Lipinski definition) is 2. The van der Waals surface area contributed by atoms with Crippen LogP contribution >= 0.6 is 0 Å². The lowest BCUT2D eigenvalue weighted by atomic mass is 10.1. The van der Waals surface area contributed by atoms with Crippen molar-refractivity contribution in [3.8, 4) is 5.75 Å². The van der Waals surface area contributed by atoms with Crippen molar-refractivity contribution >= 4 is 11.6 Å². The van der Waals surface area contributed by atoms with E-state index in [9.17, 15) is 9.18 Å². The molecule has 3 aromatic rings. The molecule has 0 radical (unpaired) electrons. The maximum Gasteiger partial charge on any atom is 0.269 e. The van der Waals surface area contributed by atoms with Crippen molar-refractivity contribution in [2.45, 2.75) is 12.8 Å². The fraction of sp³-hybridized carbons (Fsp3) is 0.217. The van der Waals surface area contributed by atoms with E-state index in [2.05, 4.69) is 15.6 Å². The van der Waals surface area contributed by atoms with Gasteiger partial charge < -0.3 is 15.4 Å². The highest BCUT2D eigenvalue weighted by atomic mass is 19.1. The van der Waals surface area contributed by atoms with Crippen LogP contribution in [0.1, 0.15) is 21.6 Å². The Labute approximate surface area is 169 Å². The fourth-order valence-corrected chi connectivity index (χ4v) is 2.91. The van der Waals surface area contributed by atoms with E-state index in [0.717, 1.165) is 29.0 Å². The van der Waals surface area contributed by atoms with Crippen LogP contribution in [0.5, 0.6) is 5.75 Å². The number of carbonyl (C=O) groups is 1. The molecule has 1 heterocycles. The first-order valence-electron chi connectivity index (χ1n) is 9.49. The second-order valence-electron chi connectivity index (χ2n) is 6.59. The van der Waals surface area contributed by atoms with Gasteiger partial charge in [0.2, 0.25) is 0 Å². The fourth-order valence-electron chi connectivity index (χ4n) is 2.91. The average molecular weight is 393 g/mol. The first-order valence-corrected chi connectivity index (χ1v) is 9.49. The Hall–Kier alpha value is -3.41. The lowest BCUT2D eigenvalue weighted by Crippen LogP contribution is -2.26. The molecule has 0 fully saturated rings. The SMILES string of the molecule is COc1cccc(CCNC(=O)c2cc(NCCc3ccc(F)cc3)ccn2)c1. The first-order chi connectivity index (χ1) is 14.1. The molecule has 1 amide bonds. The number of methoxy groups -OCH3 is 1. The largest absolute Gasteiger partial charge is 0.497 e. The number of benzene rings is 2. The quantitative estimate of drug-likeness (QED) is 0.580. The number of aromatic nitrogens is 1. The molecule has 0 aliphatic carbocycles. The third-order valence-corrected chi connectivity index (χ3v) is 4.48. The first kappa shape index (κ1) is 20.3. The van der Waals surface area contributed by atoms with Crippen molar-refractivity contribution < 1.29 is 13.9 Å². The van der Waals surface area contributed by atoms with Crippen molar-refractivity contribution in [2.75, 3.05) is 25.5 Å². The number of amides is 1. The summed E-state index contributed by atoms with van der Waals surface area (Å²) in [5.74, 6) is 0.350. The molecule has 0 spiro atoms. The molecule has 0 saturated heterocycles. The second-order valence-corrected chi connectivity index (χ2v) is 6.59. The molecule has 3 rings (SSSR count). The Kier molecular flexibility index (Phi) is 7.16. The van der Waals surface area contributed by atoms with Crippen LogP contribution in [0.4, 0.5) is 10.1 Å². The van der Waals surface area contributed by atoms with E-state index in [1.807, 2.05) is 30.3 Å². The van der Waals surface area contributed by atoms with E-state index in [1.165, 1.54) is 12.1 Å². The minimum absolute atomic E-state index is 0.213. The number of nitrogens with zero attached hydrogens (tertiary/aromatic N) is 1. The zero-order valence-corrected chi connectivity index (χ0v) is 16.3. The van der Waals surface area contributed by atoms with Gasteiger partial charge in [0.25, 0.3) is 5.91 Å². The summed E-state index contributed by atoms with van der Waals surface area (Å²) < 4.78 is 18.2. The van der Waals surface area contributed by atoms with Crippen LogP contribution in [0.15, 0.2) is 66.9 Å². The summed E-state index contributed by atoms with van der Waals surface area (Å²) in [5.41, 5.74) is 3.32. The molecule has 2 aromatic carbocycles. The molecule has 0 aliphatic rings. The smallest absolute Gasteiger partial charge is 0.269 e. The molecule has 2 N–H and O–H groups in total. The van der Waals surface area contributed by atoms with Crippen molar-refractivity contribution in [1.29, 1.82) is 0 Å². The second kappa shape index (κ2) is 10.2. The Bertz CT molecular complexity index is 945. The predicted octanol–water partition coefficient (Wildman–Crippen LogP) is 3.86. The van der Waals surface area contributed by atoms with Gasteiger partial charge in [-0.05, 0) is 60.4 Å². The Morgan fingerprint density at radius 1 is 1.00 bits per heavy atom. The minimum Gasteiger partial charge on any atom is -0.497 e. The summed E-state index contributed by atoms with van der Waals surface area (Å²) in [6.07, 6.45) is 3.07. The highest BCUT2D eigenvalue weighted by molar-refractivity contribution is 5.93.